The van der Waals surface area contributed by atoms with Gasteiger partial charge in [-0.15, -0.1) is 10.2 Å². The van der Waals surface area contributed by atoms with Crippen LogP contribution in [0.1, 0.15) is 5.82 Å². The van der Waals surface area contributed by atoms with Crippen molar-refractivity contribution >= 4 is 22.9 Å². The molecule has 0 amide bonds. The molecule has 0 aliphatic heterocycles. The van der Waals surface area contributed by atoms with Gasteiger partial charge in [-0.05, 0) is 17.3 Å². The van der Waals surface area contributed by atoms with E-state index < -0.39 is 11.6 Å². The lowest BCUT2D eigenvalue weighted by atomic mass is 10.2. The fraction of sp³-hybridized carbons (Fsp3) is 0. The topological polar surface area (TPSA) is 90.3 Å². The summed E-state index contributed by atoms with van der Waals surface area (Å²) in [6.07, 6.45) is 1.12. The van der Waals surface area contributed by atoms with Gasteiger partial charge in [0.05, 0.1) is 5.69 Å². The average molecular weight is 283 g/mol. The lowest BCUT2D eigenvalue weighted by Gasteiger charge is -2.04. The number of H-pyrrole nitrogens is 1. The molecule has 0 radical (unpaired) electrons. The highest BCUT2D eigenvalue weighted by atomic mass is 35.5. The fourth-order valence-corrected chi connectivity index (χ4v) is 1.44. The lowest BCUT2D eigenvalue weighted by molar-refractivity contribution is 0.512. The van der Waals surface area contributed by atoms with E-state index in [0.717, 1.165) is 12.3 Å². The van der Waals surface area contributed by atoms with Gasteiger partial charge >= 0.3 is 0 Å². The molecule has 1 heterocycles. The molecule has 96 valence electrons. The van der Waals surface area contributed by atoms with Crippen molar-refractivity contribution in [1.82, 2.24) is 20.6 Å². The molecule has 2 rings (SSSR count). The number of nitriles is 1. The Kier molecular flexibility index (Phi) is 3.68. The van der Waals surface area contributed by atoms with Crippen LogP contribution in [0.4, 0.5) is 14.5 Å². The van der Waals surface area contributed by atoms with Crippen LogP contribution in [0.2, 0.25) is 5.02 Å². The fourth-order valence-electron chi connectivity index (χ4n) is 1.23. The summed E-state index contributed by atoms with van der Waals surface area (Å²) in [6, 6.07) is 3.81. The van der Waals surface area contributed by atoms with E-state index in [1.807, 2.05) is 0 Å². The van der Waals surface area contributed by atoms with E-state index in [-0.39, 0.29) is 22.1 Å². The summed E-state index contributed by atoms with van der Waals surface area (Å²) in [5.74, 6) is -2.18. The van der Waals surface area contributed by atoms with Crippen molar-refractivity contribution in [3.05, 3.63) is 40.8 Å². The Bertz CT molecular complexity index is 661. The summed E-state index contributed by atoms with van der Waals surface area (Å²) < 4.78 is 26.5. The molecule has 0 atom stereocenters. The van der Waals surface area contributed by atoms with Crippen LogP contribution in [0.5, 0.6) is 0 Å². The van der Waals surface area contributed by atoms with Gasteiger partial charge in [0, 0.05) is 11.2 Å². The largest absolute Gasteiger partial charge is 0.358 e. The second-order valence-electron chi connectivity index (χ2n) is 3.30. The first kappa shape index (κ1) is 12.9. The Morgan fingerprint density at radius 3 is 2.89 bits per heavy atom. The number of hydrogen-bond donors (Lipinski definition) is 2. The van der Waals surface area contributed by atoms with E-state index in [1.165, 1.54) is 6.07 Å². The molecule has 1 aromatic carbocycles. The number of tetrazole rings is 1. The molecule has 2 N–H and O–H groups in total. The molecule has 0 fully saturated rings. The van der Waals surface area contributed by atoms with Gasteiger partial charge in [-0.1, -0.05) is 11.6 Å². The van der Waals surface area contributed by atoms with Crippen LogP contribution in [0.3, 0.4) is 0 Å². The minimum absolute atomic E-state index is 0.00599. The summed E-state index contributed by atoms with van der Waals surface area (Å²) in [6.45, 7) is 0. The zero-order chi connectivity index (χ0) is 13.8. The summed E-state index contributed by atoms with van der Waals surface area (Å²) >= 11 is 5.60. The van der Waals surface area contributed by atoms with Crippen LogP contribution in [0.15, 0.2) is 18.3 Å². The Morgan fingerprint density at radius 1 is 1.47 bits per heavy atom. The molecule has 9 heteroatoms. The number of aromatic amines is 1. The highest BCUT2D eigenvalue weighted by molar-refractivity contribution is 6.30. The van der Waals surface area contributed by atoms with Crippen LogP contribution < -0.4 is 5.32 Å². The standard InChI is InChI=1S/C10H5ClF2N6/c11-6-1-7(12)9(13)8(2-6)15-4-5(3-14)10-16-18-19-17-10/h1-2,4,15H,(H,16,17,18,19). The monoisotopic (exact) mass is 282 g/mol. The van der Waals surface area contributed by atoms with Crippen molar-refractivity contribution < 1.29 is 8.78 Å². The first-order valence-corrected chi connectivity index (χ1v) is 5.24. The van der Waals surface area contributed by atoms with Crippen LogP contribution in [-0.2, 0) is 0 Å². The average Bonchev–Trinajstić information content (AvgIpc) is 2.89. The first-order valence-electron chi connectivity index (χ1n) is 4.87. The molecule has 0 aliphatic rings. The zero-order valence-electron chi connectivity index (χ0n) is 9.15. The molecule has 2 aromatic rings. The highest BCUT2D eigenvalue weighted by Gasteiger charge is 2.10. The quantitative estimate of drug-likeness (QED) is 0.664. The highest BCUT2D eigenvalue weighted by Crippen LogP contribution is 2.23. The van der Waals surface area contributed by atoms with E-state index in [4.69, 9.17) is 16.9 Å². The van der Waals surface area contributed by atoms with Crippen LogP contribution in [0, 0.1) is 23.0 Å². The summed E-state index contributed by atoms with van der Waals surface area (Å²) in [7, 11) is 0. The Hall–Kier alpha value is -2.53. The molecule has 0 unspecified atom stereocenters. The van der Waals surface area contributed by atoms with E-state index in [2.05, 4.69) is 25.9 Å². The minimum Gasteiger partial charge on any atom is -0.358 e. The maximum absolute atomic E-state index is 13.4. The number of nitrogens with one attached hydrogen (secondary N) is 2. The third-order valence-corrected chi connectivity index (χ3v) is 2.29. The SMILES string of the molecule is N#CC(=CNc1cc(Cl)cc(F)c1F)c1nn[nH]n1. The molecule has 0 saturated carbocycles. The molecule has 1 aromatic heterocycles. The Morgan fingerprint density at radius 2 is 2.26 bits per heavy atom. The normalized spacial score (nSPS) is 11.2. The molecule has 0 bridgehead atoms. The van der Waals surface area contributed by atoms with Gasteiger partial charge in [0.15, 0.2) is 11.6 Å². The number of hydrogen-bond acceptors (Lipinski definition) is 5. The molecule has 0 aliphatic carbocycles. The second-order valence-corrected chi connectivity index (χ2v) is 3.74. The molecule has 19 heavy (non-hydrogen) atoms. The van der Waals surface area contributed by atoms with Gasteiger partial charge in [-0.25, -0.2) is 8.78 Å². The Labute approximate surface area is 110 Å². The van der Waals surface area contributed by atoms with Crippen molar-refractivity contribution in [2.75, 3.05) is 5.32 Å². The zero-order valence-corrected chi connectivity index (χ0v) is 9.91. The van der Waals surface area contributed by atoms with Crippen molar-refractivity contribution in [1.29, 1.82) is 5.26 Å². The number of rotatable bonds is 3. The van der Waals surface area contributed by atoms with Crippen molar-refractivity contribution in [2.45, 2.75) is 0 Å². The van der Waals surface area contributed by atoms with Gasteiger partial charge in [0.25, 0.3) is 0 Å². The number of halogens is 3. The van der Waals surface area contributed by atoms with Crippen molar-refractivity contribution in [3.8, 4) is 6.07 Å². The molecular weight excluding hydrogens is 278 g/mol. The van der Waals surface area contributed by atoms with Gasteiger partial charge in [0.2, 0.25) is 5.82 Å². The number of allylic oxidation sites excluding steroid dienone is 1. The van der Waals surface area contributed by atoms with Crippen LogP contribution >= 0.6 is 11.6 Å². The molecule has 0 saturated heterocycles. The van der Waals surface area contributed by atoms with E-state index in [9.17, 15) is 8.78 Å². The van der Waals surface area contributed by atoms with Crippen LogP contribution in [0.25, 0.3) is 5.57 Å². The lowest BCUT2D eigenvalue weighted by Crippen LogP contribution is -1.97. The van der Waals surface area contributed by atoms with E-state index in [1.54, 1.807) is 6.07 Å². The van der Waals surface area contributed by atoms with Gasteiger partial charge < -0.3 is 5.32 Å². The second kappa shape index (κ2) is 5.41. The van der Waals surface area contributed by atoms with E-state index >= 15 is 0 Å². The van der Waals surface area contributed by atoms with Crippen molar-refractivity contribution in [2.24, 2.45) is 0 Å². The van der Waals surface area contributed by atoms with Gasteiger partial charge in [0.1, 0.15) is 11.6 Å². The van der Waals surface area contributed by atoms with Gasteiger partial charge in [-0.2, -0.15) is 10.5 Å². The number of nitrogens with zero attached hydrogens (tertiary/aromatic N) is 4. The third kappa shape index (κ3) is 2.83. The predicted molar refractivity (Wildman–Crippen MR) is 62.8 cm³/mol. The smallest absolute Gasteiger partial charge is 0.216 e. The first-order chi connectivity index (χ1) is 9.11. The maximum Gasteiger partial charge on any atom is 0.216 e. The molecular formula is C10H5ClF2N6. The predicted octanol–water partition coefficient (Wildman–Crippen LogP) is 2.11. The van der Waals surface area contributed by atoms with Gasteiger partial charge in [-0.3, -0.25) is 0 Å². The maximum atomic E-state index is 13.4. The molecule has 6 nitrogen and oxygen atoms in total. The summed E-state index contributed by atoms with van der Waals surface area (Å²) in [5.41, 5.74) is -0.213. The Balaban J connectivity index is 2.30. The number of anilines is 1. The summed E-state index contributed by atoms with van der Waals surface area (Å²) in [5, 5.41) is 23.9. The minimum atomic E-state index is -1.11. The summed E-state index contributed by atoms with van der Waals surface area (Å²) in [4.78, 5) is 0. The third-order valence-electron chi connectivity index (χ3n) is 2.07. The molecule has 0 spiro atoms. The van der Waals surface area contributed by atoms with E-state index in [0.29, 0.717) is 0 Å². The van der Waals surface area contributed by atoms with Crippen molar-refractivity contribution in [3.63, 3.8) is 0 Å². The number of benzene rings is 1. The van der Waals surface area contributed by atoms with Crippen LogP contribution in [-0.4, -0.2) is 20.6 Å². The number of aromatic nitrogens is 4.